The molecule has 144 valence electrons. The number of urea groups is 1. The molecule has 1 heterocycles. The van der Waals surface area contributed by atoms with Crippen LogP contribution >= 0.6 is 0 Å². The van der Waals surface area contributed by atoms with Crippen LogP contribution in [0.5, 0.6) is 5.75 Å². The first kappa shape index (κ1) is 20.1. The molecule has 1 aromatic rings. The molecule has 0 unspecified atom stereocenters. The number of carbonyl (C=O) groups excluding carboxylic acids is 2. The van der Waals surface area contributed by atoms with Crippen molar-refractivity contribution in [3.63, 3.8) is 0 Å². The standard InChI is InChI=1S/C20H31N3O3/c1-6-26-17-11-9-16(10-12-17)20(2,3)21-18(24)15-8-7-13-23(14-15)19(25)22(4)5/h9-12,15H,6-8,13-14H2,1-5H3,(H,21,24)/t15-/m0/s1. The highest BCUT2D eigenvalue weighted by atomic mass is 16.5. The van der Waals surface area contributed by atoms with E-state index in [1.54, 1.807) is 23.9 Å². The number of piperidine rings is 1. The largest absolute Gasteiger partial charge is 0.494 e. The van der Waals surface area contributed by atoms with E-state index in [0.29, 0.717) is 19.7 Å². The Hall–Kier alpha value is -2.24. The molecular formula is C20H31N3O3. The molecule has 1 fully saturated rings. The molecule has 6 heteroatoms. The van der Waals surface area contributed by atoms with Gasteiger partial charge in [-0.25, -0.2) is 4.79 Å². The lowest BCUT2D eigenvalue weighted by Gasteiger charge is -2.36. The summed E-state index contributed by atoms with van der Waals surface area (Å²) in [5, 5.41) is 3.15. The summed E-state index contributed by atoms with van der Waals surface area (Å²) in [6.45, 7) is 7.75. The number of benzene rings is 1. The number of carbonyl (C=O) groups is 2. The maximum absolute atomic E-state index is 12.8. The van der Waals surface area contributed by atoms with E-state index in [0.717, 1.165) is 24.2 Å². The van der Waals surface area contributed by atoms with Crippen molar-refractivity contribution in [2.75, 3.05) is 33.8 Å². The van der Waals surface area contributed by atoms with Crippen LogP contribution < -0.4 is 10.1 Å². The third-order valence-corrected chi connectivity index (χ3v) is 4.77. The molecule has 0 spiro atoms. The Bertz CT molecular complexity index is 626. The van der Waals surface area contributed by atoms with Crippen LogP contribution in [-0.4, -0.2) is 55.5 Å². The Kier molecular flexibility index (Phi) is 6.51. The maximum Gasteiger partial charge on any atom is 0.319 e. The molecule has 6 nitrogen and oxygen atoms in total. The molecule has 1 aromatic carbocycles. The third-order valence-electron chi connectivity index (χ3n) is 4.77. The van der Waals surface area contributed by atoms with Gasteiger partial charge >= 0.3 is 6.03 Å². The molecule has 1 atom stereocenters. The fourth-order valence-corrected chi connectivity index (χ4v) is 3.26. The molecule has 26 heavy (non-hydrogen) atoms. The molecule has 0 bridgehead atoms. The summed E-state index contributed by atoms with van der Waals surface area (Å²) < 4.78 is 5.47. The second-order valence-corrected chi connectivity index (χ2v) is 7.53. The summed E-state index contributed by atoms with van der Waals surface area (Å²) in [4.78, 5) is 28.3. The molecule has 1 N–H and O–H groups in total. The van der Waals surface area contributed by atoms with Gasteiger partial charge in [-0.3, -0.25) is 4.79 Å². The second kappa shape index (κ2) is 8.43. The highest BCUT2D eigenvalue weighted by molar-refractivity contribution is 5.81. The van der Waals surface area contributed by atoms with E-state index in [2.05, 4.69) is 5.32 Å². The number of hydrogen-bond donors (Lipinski definition) is 1. The van der Waals surface area contributed by atoms with E-state index in [1.165, 1.54) is 0 Å². The monoisotopic (exact) mass is 361 g/mol. The molecule has 1 aliphatic rings. The first-order valence-corrected chi connectivity index (χ1v) is 9.26. The number of nitrogens with one attached hydrogen (secondary N) is 1. The molecule has 0 aromatic heterocycles. The van der Waals surface area contributed by atoms with Crippen LogP contribution in [0.4, 0.5) is 4.79 Å². The quantitative estimate of drug-likeness (QED) is 0.877. The van der Waals surface area contributed by atoms with Gasteiger partial charge in [0.25, 0.3) is 0 Å². The molecular weight excluding hydrogens is 330 g/mol. The van der Waals surface area contributed by atoms with Crippen molar-refractivity contribution >= 4 is 11.9 Å². The first-order valence-electron chi connectivity index (χ1n) is 9.26. The molecule has 0 aliphatic carbocycles. The van der Waals surface area contributed by atoms with Gasteiger partial charge < -0.3 is 19.9 Å². The highest BCUT2D eigenvalue weighted by Crippen LogP contribution is 2.25. The number of hydrogen-bond acceptors (Lipinski definition) is 3. The van der Waals surface area contributed by atoms with Gasteiger partial charge in [0.2, 0.25) is 5.91 Å². The summed E-state index contributed by atoms with van der Waals surface area (Å²) in [5.41, 5.74) is 0.529. The predicted molar refractivity (Wildman–Crippen MR) is 102 cm³/mol. The number of ether oxygens (including phenoxy) is 1. The summed E-state index contributed by atoms with van der Waals surface area (Å²) in [6.07, 6.45) is 1.66. The van der Waals surface area contributed by atoms with Crippen LogP contribution in [0.25, 0.3) is 0 Å². The SMILES string of the molecule is CCOc1ccc(C(C)(C)NC(=O)[C@H]2CCCN(C(=O)N(C)C)C2)cc1. The van der Waals surface area contributed by atoms with Gasteiger partial charge in [0.05, 0.1) is 18.1 Å². The van der Waals surface area contributed by atoms with Crippen molar-refractivity contribution in [1.82, 2.24) is 15.1 Å². The minimum absolute atomic E-state index is 0.000130. The van der Waals surface area contributed by atoms with E-state index in [9.17, 15) is 9.59 Å². The van der Waals surface area contributed by atoms with Crippen LogP contribution in [0.15, 0.2) is 24.3 Å². The van der Waals surface area contributed by atoms with Gasteiger partial charge in [-0.2, -0.15) is 0 Å². The Balaban J connectivity index is 2.01. The highest BCUT2D eigenvalue weighted by Gasteiger charge is 2.32. The summed E-state index contributed by atoms with van der Waals surface area (Å²) in [5.74, 6) is 0.651. The van der Waals surface area contributed by atoms with Crippen LogP contribution in [0.1, 0.15) is 39.2 Å². The molecule has 0 radical (unpaired) electrons. The van der Waals surface area contributed by atoms with Gasteiger partial charge in [-0.15, -0.1) is 0 Å². The normalized spacial score (nSPS) is 17.6. The molecule has 1 aliphatic heterocycles. The van der Waals surface area contributed by atoms with Gasteiger partial charge in [0.1, 0.15) is 5.75 Å². The van der Waals surface area contributed by atoms with Gasteiger partial charge in [-0.05, 0) is 51.3 Å². The van der Waals surface area contributed by atoms with E-state index < -0.39 is 5.54 Å². The van der Waals surface area contributed by atoms with Crippen LogP contribution in [-0.2, 0) is 10.3 Å². The lowest BCUT2D eigenvalue weighted by molar-refractivity contribution is -0.128. The maximum atomic E-state index is 12.8. The Morgan fingerprint density at radius 2 is 1.92 bits per heavy atom. The zero-order chi connectivity index (χ0) is 19.3. The van der Waals surface area contributed by atoms with Gasteiger partial charge in [0, 0.05) is 27.2 Å². The van der Waals surface area contributed by atoms with E-state index in [4.69, 9.17) is 4.74 Å². The fraction of sp³-hybridized carbons (Fsp3) is 0.600. The van der Waals surface area contributed by atoms with E-state index in [1.807, 2.05) is 45.0 Å². The van der Waals surface area contributed by atoms with Crippen molar-refractivity contribution in [2.45, 2.75) is 39.2 Å². The van der Waals surface area contributed by atoms with Crippen molar-refractivity contribution in [3.8, 4) is 5.75 Å². The number of nitrogens with zero attached hydrogens (tertiary/aromatic N) is 2. The molecule has 3 amide bonds. The average Bonchev–Trinajstić information content (AvgIpc) is 2.61. The van der Waals surface area contributed by atoms with Crippen molar-refractivity contribution in [1.29, 1.82) is 0 Å². The average molecular weight is 361 g/mol. The zero-order valence-electron chi connectivity index (χ0n) is 16.5. The van der Waals surface area contributed by atoms with Crippen LogP contribution in [0.2, 0.25) is 0 Å². The van der Waals surface area contributed by atoms with Gasteiger partial charge in [-0.1, -0.05) is 12.1 Å². The number of amides is 3. The van der Waals surface area contributed by atoms with Crippen molar-refractivity contribution in [3.05, 3.63) is 29.8 Å². The smallest absolute Gasteiger partial charge is 0.319 e. The molecule has 2 rings (SSSR count). The Morgan fingerprint density at radius 3 is 2.50 bits per heavy atom. The minimum Gasteiger partial charge on any atom is -0.494 e. The summed E-state index contributed by atoms with van der Waals surface area (Å²) >= 11 is 0. The fourth-order valence-electron chi connectivity index (χ4n) is 3.26. The predicted octanol–water partition coefficient (Wildman–Crippen LogP) is 2.83. The van der Waals surface area contributed by atoms with Crippen LogP contribution in [0, 0.1) is 5.92 Å². The lowest BCUT2D eigenvalue weighted by Crippen LogP contribution is -2.51. The molecule has 0 saturated carbocycles. The lowest BCUT2D eigenvalue weighted by atomic mass is 9.91. The second-order valence-electron chi connectivity index (χ2n) is 7.53. The summed E-state index contributed by atoms with van der Waals surface area (Å²) in [7, 11) is 3.47. The van der Waals surface area contributed by atoms with Crippen molar-refractivity contribution < 1.29 is 14.3 Å². The van der Waals surface area contributed by atoms with E-state index in [-0.39, 0.29) is 17.9 Å². The Morgan fingerprint density at radius 1 is 1.27 bits per heavy atom. The third kappa shape index (κ3) is 4.90. The topological polar surface area (TPSA) is 61.9 Å². The summed E-state index contributed by atoms with van der Waals surface area (Å²) in [6, 6.07) is 7.77. The van der Waals surface area contributed by atoms with Crippen LogP contribution in [0.3, 0.4) is 0 Å². The number of likely N-dealkylation sites (tertiary alicyclic amines) is 1. The van der Waals surface area contributed by atoms with Crippen molar-refractivity contribution in [2.24, 2.45) is 5.92 Å². The molecule has 1 saturated heterocycles. The zero-order valence-corrected chi connectivity index (χ0v) is 16.5. The number of rotatable bonds is 5. The Labute approximate surface area is 156 Å². The van der Waals surface area contributed by atoms with Gasteiger partial charge in [0.15, 0.2) is 0 Å². The first-order chi connectivity index (χ1) is 12.2. The minimum atomic E-state index is -0.490. The van der Waals surface area contributed by atoms with E-state index >= 15 is 0 Å².